The van der Waals surface area contributed by atoms with Crippen LogP contribution < -0.4 is 5.32 Å². The minimum atomic E-state index is -0.344. The maximum atomic E-state index is 9.27. The highest BCUT2D eigenvalue weighted by Gasteiger charge is 2.38. The first-order valence-corrected chi connectivity index (χ1v) is 7.34. The first kappa shape index (κ1) is 12.5. The van der Waals surface area contributed by atoms with Crippen molar-refractivity contribution in [1.29, 1.82) is 5.26 Å². The Balaban J connectivity index is 1.74. The fourth-order valence-electron chi connectivity index (χ4n) is 2.63. The lowest BCUT2D eigenvalue weighted by Gasteiger charge is -2.19. The van der Waals surface area contributed by atoms with Crippen LogP contribution in [0.4, 0.5) is 0 Å². The quantitative estimate of drug-likeness (QED) is 0.901. The molecule has 0 bridgehead atoms. The van der Waals surface area contributed by atoms with Gasteiger partial charge in [0.15, 0.2) is 5.16 Å². The van der Waals surface area contributed by atoms with Gasteiger partial charge in [-0.25, -0.2) is 4.98 Å². The third-order valence-corrected chi connectivity index (χ3v) is 4.96. The molecule has 0 radical (unpaired) electrons. The zero-order valence-electron chi connectivity index (χ0n) is 10.8. The van der Waals surface area contributed by atoms with Crippen LogP contribution in [0.1, 0.15) is 19.3 Å². The molecule has 0 spiro atoms. The number of aromatic nitrogens is 2. The highest BCUT2D eigenvalue weighted by Crippen LogP contribution is 2.39. The smallest absolute Gasteiger partial charge is 0.166 e. The Hall–Kier alpha value is -1.51. The van der Waals surface area contributed by atoms with E-state index >= 15 is 0 Å². The molecule has 0 amide bonds. The molecular formula is C14H16N4S. The van der Waals surface area contributed by atoms with Crippen molar-refractivity contribution in [2.75, 3.05) is 7.05 Å². The van der Waals surface area contributed by atoms with E-state index in [0.717, 1.165) is 35.5 Å². The molecule has 0 aliphatic heterocycles. The second-order valence-corrected chi connectivity index (χ2v) is 6.27. The van der Waals surface area contributed by atoms with Crippen LogP contribution in [0, 0.1) is 11.3 Å². The molecule has 2 atom stereocenters. The van der Waals surface area contributed by atoms with Gasteiger partial charge in [-0.2, -0.15) is 5.26 Å². The van der Waals surface area contributed by atoms with Crippen LogP contribution in [0.3, 0.4) is 0 Å². The number of nitrogens with one attached hydrogen (secondary N) is 2. The molecule has 3 rings (SSSR count). The number of aromatic amines is 1. The van der Waals surface area contributed by atoms with Crippen LogP contribution in [-0.2, 0) is 0 Å². The monoisotopic (exact) mass is 272 g/mol. The molecule has 5 heteroatoms. The molecule has 2 aromatic rings. The fraction of sp³-hybridized carbons (Fsp3) is 0.429. The van der Waals surface area contributed by atoms with Gasteiger partial charge in [-0.15, -0.1) is 0 Å². The van der Waals surface area contributed by atoms with Gasteiger partial charge in [0.2, 0.25) is 0 Å². The molecule has 1 aliphatic carbocycles. The number of para-hydroxylation sites is 2. The molecular weight excluding hydrogens is 256 g/mol. The molecule has 2 N–H and O–H groups in total. The van der Waals surface area contributed by atoms with Gasteiger partial charge in [0, 0.05) is 5.25 Å². The number of H-pyrrole nitrogens is 1. The average Bonchev–Trinajstić information content (AvgIpc) is 3.03. The van der Waals surface area contributed by atoms with Crippen molar-refractivity contribution in [1.82, 2.24) is 15.3 Å². The second kappa shape index (κ2) is 4.87. The van der Waals surface area contributed by atoms with Gasteiger partial charge in [0.25, 0.3) is 0 Å². The number of imidazole rings is 1. The van der Waals surface area contributed by atoms with E-state index in [1.54, 1.807) is 11.8 Å². The number of thioether (sulfide) groups is 1. The molecule has 1 aromatic heterocycles. The normalized spacial score (nSPS) is 26.6. The summed E-state index contributed by atoms with van der Waals surface area (Å²) >= 11 is 1.75. The number of rotatable bonds is 3. The van der Waals surface area contributed by atoms with Gasteiger partial charge < -0.3 is 10.3 Å². The van der Waals surface area contributed by atoms with Crippen LogP contribution in [0.2, 0.25) is 0 Å². The van der Waals surface area contributed by atoms with Crippen LogP contribution in [0.15, 0.2) is 29.4 Å². The van der Waals surface area contributed by atoms with E-state index in [-0.39, 0.29) is 5.54 Å². The lowest BCUT2D eigenvalue weighted by Crippen LogP contribution is -2.38. The zero-order chi connectivity index (χ0) is 13.3. The van der Waals surface area contributed by atoms with Gasteiger partial charge >= 0.3 is 0 Å². The third-order valence-electron chi connectivity index (χ3n) is 3.81. The van der Waals surface area contributed by atoms with Gasteiger partial charge in [0.05, 0.1) is 17.1 Å². The summed E-state index contributed by atoms with van der Waals surface area (Å²) in [6, 6.07) is 10.5. The van der Waals surface area contributed by atoms with Crippen LogP contribution >= 0.6 is 11.8 Å². The number of benzene rings is 1. The summed E-state index contributed by atoms with van der Waals surface area (Å²) in [6.07, 6.45) is 2.84. The van der Waals surface area contributed by atoms with Crippen molar-refractivity contribution in [2.45, 2.75) is 35.2 Å². The molecule has 19 heavy (non-hydrogen) atoms. The Labute approximate surface area is 116 Å². The molecule has 1 saturated carbocycles. The van der Waals surface area contributed by atoms with Gasteiger partial charge in [0.1, 0.15) is 5.54 Å². The molecule has 1 aromatic carbocycles. The Morgan fingerprint density at radius 1 is 1.53 bits per heavy atom. The predicted octanol–water partition coefficient (Wildman–Crippen LogP) is 2.69. The van der Waals surface area contributed by atoms with Crippen molar-refractivity contribution in [3.05, 3.63) is 24.3 Å². The zero-order valence-corrected chi connectivity index (χ0v) is 11.6. The summed E-state index contributed by atoms with van der Waals surface area (Å²) < 4.78 is 0. The molecule has 2 unspecified atom stereocenters. The van der Waals surface area contributed by atoms with E-state index in [2.05, 4.69) is 21.4 Å². The minimum absolute atomic E-state index is 0.344. The molecule has 98 valence electrons. The maximum Gasteiger partial charge on any atom is 0.166 e. The highest BCUT2D eigenvalue weighted by atomic mass is 32.2. The van der Waals surface area contributed by atoms with E-state index in [9.17, 15) is 5.26 Å². The first-order chi connectivity index (χ1) is 9.24. The van der Waals surface area contributed by atoms with Crippen molar-refractivity contribution < 1.29 is 0 Å². The SMILES string of the molecule is CNC1(C#N)CCC(Sc2nc3ccccc3[nH]2)C1. The lowest BCUT2D eigenvalue weighted by atomic mass is 10.0. The van der Waals surface area contributed by atoms with E-state index in [1.807, 2.05) is 31.3 Å². The van der Waals surface area contributed by atoms with Gasteiger partial charge in [-0.1, -0.05) is 23.9 Å². The van der Waals surface area contributed by atoms with E-state index in [4.69, 9.17) is 0 Å². The van der Waals surface area contributed by atoms with Gasteiger partial charge in [-0.05, 0) is 38.4 Å². The highest BCUT2D eigenvalue weighted by molar-refractivity contribution is 7.99. The summed E-state index contributed by atoms with van der Waals surface area (Å²) in [5.74, 6) is 0. The maximum absolute atomic E-state index is 9.27. The topological polar surface area (TPSA) is 64.5 Å². The van der Waals surface area contributed by atoms with E-state index in [1.165, 1.54) is 0 Å². The van der Waals surface area contributed by atoms with Crippen molar-refractivity contribution in [2.24, 2.45) is 0 Å². The molecule has 1 heterocycles. The third kappa shape index (κ3) is 2.34. The van der Waals surface area contributed by atoms with Crippen molar-refractivity contribution in [3.8, 4) is 6.07 Å². The largest absolute Gasteiger partial charge is 0.333 e. The number of hydrogen-bond acceptors (Lipinski definition) is 4. The standard InChI is InChI=1S/C14H16N4S/c1-16-14(9-15)7-6-10(8-14)19-13-17-11-4-2-3-5-12(11)18-13/h2-5,10,16H,6-8H2,1H3,(H,17,18). The Morgan fingerprint density at radius 2 is 2.37 bits per heavy atom. The molecule has 0 saturated heterocycles. The number of hydrogen-bond donors (Lipinski definition) is 2. The summed E-state index contributed by atoms with van der Waals surface area (Å²) in [4.78, 5) is 7.91. The summed E-state index contributed by atoms with van der Waals surface area (Å²) in [7, 11) is 1.87. The van der Waals surface area contributed by atoms with Gasteiger partial charge in [-0.3, -0.25) is 0 Å². The average molecular weight is 272 g/mol. The van der Waals surface area contributed by atoms with E-state index in [0.29, 0.717) is 5.25 Å². The Kier molecular flexibility index (Phi) is 3.21. The Morgan fingerprint density at radius 3 is 3.05 bits per heavy atom. The summed E-state index contributed by atoms with van der Waals surface area (Å²) in [6.45, 7) is 0. The molecule has 4 nitrogen and oxygen atoms in total. The minimum Gasteiger partial charge on any atom is -0.333 e. The van der Waals surface area contributed by atoms with Crippen LogP contribution in [0.5, 0.6) is 0 Å². The van der Waals surface area contributed by atoms with Crippen LogP contribution in [-0.4, -0.2) is 27.8 Å². The summed E-state index contributed by atoms with van der Waals surface area (Å²) in [5, 5.41) is 13.8. The Bertz CT molecular complexity index is 597. The van der Waals surface area contributed by atoms with E-state index < -0.39 is 0 Å². The first-order valence-electron chi connectivity index (χ1n) is 6.46. The second-order valence-electron chi connectivity index (χ2n) is 4.99. The molecule has 1 fully saturated rings. The lowest BCUT2D eigenvalue weighted by molar-refractivity contribution is 0.464. The predicted molar refractivity (Wildman–Crippen MR) is 77.0 cm³/mol. The number of nitriles is 1. The number of nitrogens with zero attached hydrogens (tertiary/aromatic N) is 2. The summed E-state index contributed by atoms with van der Waals surface area (Å²) in [5.41, 5.74) is 1.73. The number of fused-ring (bicyclic) bond motifs is 1. The van der Waals surface area contributed by atoms with Crippen molar-refractivity contribution in [3.63, 3.8) is 0 Å². The molecule has 1 aliphatic rings. The van der Waals surface area contributed by atoms with Crippen LogP contribution in [0.25, 0.3) is 11.0 Å². The van der Waals surface area contributed by atoms with Crippen molar-refractivity contribution >= 4 is 22.8 Å². The fourth-order valence-corrected chi connectivity index (χ4v) is 3.87.